The summed E-state index contributed by atoms with van der Waals surface area (Å²) in [5, 5.41) is 1.13. The van der Waals surface area contributed by atoms with Gasteiger partial charge in [-0.1, -0.05) is 30.3 Å². The molecular formula is C24H27N3O2. The molecule has 0 N–H and O–H groups in total. The fourth-order valence-electron chi connectivity index (χ4n) is 4.18. The molecule has 0 bridgehead atoms. The van der Waals surface area contributed by atoms with E-state index < -0.39 is 0 Å². The Morgan fingerprint density at radius 2 is 1.69 bits per heavy atom. The number of para-hydroxylation sites is 3. The average molecular weight is 389 g/mol. The largest absolute Gasteiger partial charge is 0.495 e. The van der Waals surface area contributed by atoms with Crippen LogP contribution in [0.1, 0.15) is 16.8 Å². The number of hydrogen-bond donors (Lipinski definition) is 0. The summed E-state index contributed by atoms with van der Waals surface area (Å²) in [6.45, 7) is 7.15. The maximum Gasteiger partial charge on any atom is 0.227 e. The minimum atomic E-state index is 0.174. The summed E-state index contributed by atoms with van der Waals surface area (Å²) in [4.78, 5) is 22.0. The Hall–Kier alpha value is -3.08. The SMILES string of the molecule is COc1ccccc1N1CCN(C(=O)Cc2c(C)nc3ccccc3c2C)CC1. The number of nitrogens with zero attached hydrogens (tertiary/aromatic N) is 3. The summed E-state index contributed by atoms with van der Waals surface area (Å²) in [5.74, 6) is 1.05. The Balaban J connectivity index is 1.46. The maximum atomic E-state index is 13.0. The number of rotatable bonds is 4. The Kier molecular flexibility index (Phi) is 5.38. The molecule has 0 radical (unpaired) electrons. The van der Waals surface area contributed by atoms with E-state index in [2.05, 4.69) is 24.0 Å². The fourth-order valence-corrected chi connectivity index (χ4v) is 4.18. The number of ether oxygens (including phenoxy) is 1. The molecule has 1 aromatic heterocycles. The second-order valence-electron chi connectivity index (χ2n) is 7.53. The van der Waals surface area contributed by atoms with E-state index in [-0.39, 0.29) is 5.91 Å². The van der Waals surface area contributed by atoms with Gasteiger partial charge in [-0.05, 0) is 43.2 Å². The van der Waals surface area contributed by atoms with Crippen molar-refractivity contribution in [3.63, 3.8) is 0 Å². The first kappa shape index (κ1) is 19.2. The molecule has 2 heterocycles. The highest BCUT2D eigenvalue weighted by molar-refractivity contribution is 5.86. The van der Waals surface area contributed by atoms with Crippen molar-refractivity contribution in [1.29, 1.82) is 0 Å². The summed E-state index contributed by atoms with van der Waals surface area (Å²) in [6.07, 6.45) is 0.407. The van der Waals surface area contributed by atoms with E-state index in [4.69, 9.17) is 9.72 Å². The average Bonchev–Trinajstić information content (AvgIpc) is 2.76. The number of carbonyl (C=O) groups excluding carboxylic acids is 1. The molecule has 4 rings (SSSR count). The van der Waals surface area contributed by atoms with Gasteiger partial charge in [-0.25, -0.2) is 0 Å². The van der Waals surface area contributed by atoms with Gasteiger partial charge < -0.3 is 14.5 Å². The predicted molar refractivity (Wildman–Crippen MR) is 117 cm³/mol. The summed E-state index contributed by atoms with van der Waals surface area (Å²) in [6, 6.07) is 16.2. The molecule has 0 saturated carbocycles. The van der Waals surface area contributed by atoms with Crippen molar-refractivity contribution in [2.24, 2.45) is 0 Å². The smallest absolute Gasteiger partial charge is 0.227 e. The van der Waals surface area contributed by atoms with E-state index in [9.17, 15) is 4.79 Å². The normalized spacial score (nSPS) is 14.3. The lowest BCUT2D eigenvalue weighted by Crippen LogP contribution is -2.49. The van der Waals surface area contributed by atoms with Gasteiger partial charge in [0.1, 0.15) is 5.75 Å². The fraction of sp³-hybridized carbons (Fsp3) is 0.333. The van der Waals surface area contributed by atoms with Crippen LogP contribution in [0.2, 0.25) is 0 Å². The molecular weight excluding hydrogens is 362 g/mol. The molecule has 150 valence electrons. The number of fused-ring (bicyclic) bond motifs is 1. The molecule has 1 amide bonds. The van der Waals surface area contributed by atoms with Crippen LogP contribution in [0.5, 0.6) is 5.75 Å². The van der Waals surface area contributed by atoms with Crippen LogP contribution >= 0.6 is 0 Å². The zero-order valence-electron chi connectivity index (χ0n) is 17.3. The quantitative estimate of drug-likeness (QED) is 0.682. The molecule has 0 spiro atoms. The summed E-state index contributed by atoms with van der Waals surface area (Å²) in [7, 11) is 1.70. The number of hydrogen-bond acceptors (Lipinski definition) is 4. The Morgan fingerprint density at radius 3 is 2.45 bits per heavy atom. The van der Waals surface area contributed by atoms with Gasteiger partial charge in [0.2, 0.25) is 5.91 Å². The maximum absolute atomic E-state index is 13.0. The van der Waals surface area contributed by atoms with Gasteiger partial charge in [0.15, 0.2) is 0 Å². The number of carbonyl (C=O) groups is 1. The number of piperazine rings is 1. The van der Waals surface area contributed by atoms with Gasteiger partial charge in [0.25, 0.3) is 0 Å². The van der Waals surface area contributed by atoms with E-state index in [0.29, 0.717) is 6.42 Å². The van der Waals surface area contributed by atoms with Crippen LogP contribution in [-0.4, -0.2) is 49.1 Å². The minimum absolute atomic E-state index is 0.174. The molecule has 29 heavy (non-hydrogen) atoms. The molecule has 1 saturated heterocycles. The highest BCUT2D eigenvalue weighted by Gasteiger charge is 2.24. The minimum Gasteiger partial charge on any atom is -0.495 e. The number of benzene rings is 2. The number of methoxy groups -OCH3 is 1. The first-order valence-electron chi connectivity index (χ1n) is 10.1. The Morgan fingerprint density at radius 1 is 1.00 bits per heavy atom. The lowest BCUT2D eigenvalue weighted by molar-refractivity contribution is -0.130. The molecule has 0 atom stereocenters. The van der Waals surface area contributed by atoms with Gasteiger partial charge >= 0.3 is 0 Å². The summed E-state index contributed by atoms with van der Waals surface area (Å²) >= 11 is 0. The van der Waals surface area contributed by atoms with Gasteiger partial charge in [0.05, 0.1) is 24.7 Å². The third-order valence-corrected chi connectivity index (χ3v) is 5.87. The molecule has 3 aromatic rings. The van der Waals surface area contributed by atoms with E-state index in [1.54, 1.807) is 7.11 Å². The van der Waals surface area contributed by atoms with Gasteiger partial charge in [-0.15, -0.1) is 0 Å². The lowest BCUT2D eigenvalue weighted by Gasteiger charge is -2.36. The number of anilines is 1. The summed E-state index contributed by atoms with van der Waals surface area (Å²) in [5.41, 5.74) is 5.24. The van der Waals surface area contributed by atoms with Crippen LogP contribution in [-0.2, 0) is 11.2 Å². The van der Waals surface area contributed by atoms with Crippen LogP contribution in [0, 0.1) is 13.8 Å². The second kappa shape index (κ2) is 8.11. The van der Waals surface area contributed by atoms with Crippen molar-refractivity contribution in [2.45, 2.75) is 20.3 Å². The third kappa shape index (κ3) is 3.77. The van der Waals surface area contributed by atoms with Crippen molar-refractivity contribution < 1.29 is 9.53 Å². The number of amides is 1. The molecule has 0 unspecified atom stereocenters. The van der Waals surface area contributed by atoms with Gasteiger partial charge in [-0.2, -0.15) is 0 Å². The van der Waals surface area contributed by atoms with Crippen LogP contribution in [0.3, 0.4) is 0 Å². The van der Waals surface area contributed by atoms with E-state index in [0.717, 1.165) is 65.3 Å². The predicted octanol–water partition coefficient (Wildman–Crippen LogP) is 3.75. The Labute approximate surface area is 171 Å². The zero-order chi connectivity index (χ0) is 20.4. The Bertz CT molecular complexity index is 1040. The standard InChI is InChI=1S/C24H27N3O2/c1-17-19-8-4-5-9-21(19)25-18(2)20(17)16-24(28)27-14-12-26(13-15-27)22-10-6-7-11-23(22)29-3/h4-11H,12-16H2,1-3H3. The van der Waals surface area contributed by atoms with Gasteiger partial charge in [0, 0.05) is 37.3 Å². The molecule has 1 fully saturated rings. The van der Waals surface area contributed by atoms with E-state index >= 15 is 0 Å². The molecule has 0 aliphatic carbocycles. The molecule has 2 aromatic carbocycles. The van der Waals surface area contributed by atoms with Gasteiger partial charge in [-0.3, -0.25) is 9.78 Å². The van der Waals surface area contributed by atoms with Crippen molar-refractivity contribution >= 4 is 22.5 Å². The van der Waals surface area contributed by atoms with E-state index in [1.165, 1.54) is 0 Å². The third-order valence-electron chi connectivity index (χ3n) is 5.87. The molecule has 5 heteroatoms. The van der Waals surface area contributed by atoms with Crippen LogP contribution in [0.15, 0.2) is 48.5 Å². The van der Waals surface area contributed by atoms with Crippen molar-refractivity contribution in [3.05, 3.63) is 65.4 Å². The first-order valence-corrected chi connectivity index (χ1v) is 10.1. The van der Waals surface area contributed by atoms with Crippen molar-refractivity contribution in [1.82, 2.24) is 9.88 Å². The number of pyridine rings is 1. The van der Waals surface area contributed by atoms with Crippen molar-refractivity contribution in [3.8, 4) is 5.75 Å². The number of aryl methyl sites for hydroxylation is 2. The highest BCUT2D eigenvalue weighted by atomic mass is 16.5. The molecule has 1 aliphatic heterocycles. The zero-order valence-corrected chi connectivity index (χ0v) is 17.3. The van der Waals surface area contributed by atoms with E-state index in [1.807, 2.05) is 48.2 Å². The summed E-state index contributed by atoms with van der Waals surface area (Å²) < 4.78 is 5.48. The van der Waals surface area contributed by atoms with Crippen molar-refractivity contribution in [2.75, 3.05) is 38.2 Å². The molecule has 1 aliphatic rings. The van der Waals surface area contributed by atoms with Crippen LogP contribution in [0.4, 0.5) is 5.69 Å². The monoisotopic (exact) mass is 389 g/mol. The van der Waals surface area contributed by atoms with Crippen LogP contribution < -0.4 is 9.64 Å². The molecule has 5 nitrogen and oxygen atoms in total. The second-order valence-corrected chi connectivity index (χ2v) is 7.53. The first-order chi connectivity index (χ1) is 14.1. The highest BCUT2D eigenvalue weighted by Crippen LogP contribution is 2.29. The number of aromatic nitrogens is 1. The topological polar surface area (TPSA) is 45.7 Å². The lowest BCUT2D eigenvalue weighted by atomic mass is 9.99. The van der Waals surface area contributed by atoms with Crippen LogP contribution in [0.25, 0.3) is 10.9 Å².